The van der Waals surface area contributed by atoms with E-state index in [0.29, 0.717) is 9.52 Å². The molecule has 0 aliphatic carbocycles. The summed E-state index contributed by atoms with van der Waals surface area (Å²) in [5.41, 5.74) is 7.54. The van der Waals surface area contributed by atoms with Crippen molar-refractivity contribution in [3.63, 3.8) is 0 Å². The van der Waals surface area contributed by atoms with Gasteiger partial charge in [0.05, 0.1) is 0 Å². The maximum Gasteiger partial charge on any atom is 0.121 e. The van der Waals surface area contributed by atoms with E-state index in [4.69, 9.17) is 0 Å². The topological polar surface area (TPSA) is 0 Å². The lowest BCUT2D eigenvalue weighted by Gasteiger charge is -2.19. The Morgan fingerprint density at radius 2 is 0.766 bits per heavy atom. The van der Waals surface area contributed by atoms with E-state index in [1.165, 1.54) is 86.8 Å². The molecule has 2 radical (unpaired) electrons. The fourth-order valence-electron chi connectivity index (χ4n) is 7.13. The van der Waals surface area contributed by atoms with Gasteiger partial charge in [-0.15, -0.1) is 0 Å². The van der Waals surface area contributed by atoms with Crippen LogP contribution in [0.25, 0.3) is 76.5 Å². The zero-order valence-corrected chi connectivity index (χ0v) is 26.8. The summed E-state index contributed by atoms with van der Waals surface area (Å²) in [4.78, 5) is 0. The third-order valence-electron chi connectivity index (χ3n) is 9.36. The molecule has 9 aromatic rings. The lowest BCUT2D eigenvalue weighted by molar-refractivity contribution is 1.63. The van der Waals surface area contributed by atoms with Crippen LogP contribution in [0.5, 0.6) is 0 Å². The highest BCUT2D eigenvalue weighted by Gasteiger charge is 2.18. The lowest BCUT2D eigenvalue weighted by atomic mass is 9.85. The van der Waals surface area contributed by atoms with Gasteiger partial charge in [0.2, 0.25) is 0 Å². The quantitative estimate of drug-likeness (QED) is 0.134. The summed E-state index contributed by atoms with van der Waals surface area (Å²) in [6, 6.07) is 67.0. The van der Waals surface area contributed by atoms with E-state index in [0.717, 1.165) is 0 Å². The van der Waals surface area contributed by atoms with E-state index >= 15 is 0 Å². The Morgan fingerprint density at radius 1 is 0.255 bits per heavy atom. The van der Waals surface area contributed by atoms with Gasteiger partial charge in [-0.05, 0) is 94.7 Å². The molecule has 0 aliphatic heterocycles. The molecule has 1 heteroatoms. The van der Waals surface area contributed by atoms with Gasteiger partial charge in [-0.3, -0.25) is 0 Å². The first-order chi connectivity index (χ1) is 23.3. The van der Waals surface area contributed by atoms with Crippen molar-refractivity contribution in [1.29, 1.82) is 0 Å². The molecule has 0 saturated heterocycles. The lowest BCUT2D eigenvalue weighted by Crippen LogP contribution is -2.26. The molecule has 0 saturated carbocycles. The first-order valence-electron chi connectivity index (χ1n) is 16.2. The standard InChI is InChI=1S/C46H30Si/c1-2-17-39(18-3-1)47-40-25-26-43-44(30-40)46(38-24-22-32-12-5-7-14-34(32)28-38)42-20-9-8-19-41(42)45(43)37-16-10-15-35(29-37)36-23-21-31-11-4-6-13-33(31)27-36/h1-30H. The normalized spacial score (nSPS) is 11.5. The Balaban J connectivity index is 1.31. The summed E-state index contributed by atoms with van der Waals surface area (Å²) in [5, 5.41) is 12.9. The van der Waals surface area contributed by atoms with Gasteiger partial charge < -0.3 is 0 Å². The molecule has 9 rings (SSSR count). The summed E-state index contributed by atoms with van der Waals surface area (Å²) in [6.07, 6.45) is 0. The molecule has 9 aromatic carbocycles. The molecule has 0 spiro atoms. The van der Waals surface area contributed by atoms with Crippen LogP contribution in [0.4, 0.5) is 0 Å². The summed E-state index contributed by atoms with van der Waals surface area (Å²) in [5.74, 6) is 0. The predicted molar refractivity (Wildman–Crippen MR) is 204 cm³/mol. The molecule has 0 unspecified atom stereocenters. The van der Waals surface area contributed by atoms with Gasteiger partial charge in [-0.1, -0.05) is 174 Å². The molecule has 0 aromatic heterocycles. The molecule has 0 N–H and O–H groups in total. The fraction of sp³-hybridized carbons (Fsp3) is 0. The second-order valence-corrected chi connectivity index (χ2v) is 13.7. The average molecular weight is 611 g/mol. The van der Waals surface area contributed by atoms with Crippen LogP contribution in [0.1, 0.15) is 0 Å². The maximum atomic E-state index is 2.45. The Morgan fingerprint density at radius 3 is 1.49 bits per heavy atom. The van der Waals surface area contributed by atoms with Gasteiger partial charge in [0, 0.05) is 0 Å². The van der Waals surface area contributed by atoms with Crippen molar-refractivity contribution in [2.45, 2.75) is 0 Å². The largest absolute Gasteiger partial charge is 0.121 e. The van der Waals surface area contributed by atoms with E-state index in [-0.39, 0.29) is 0 Å². The molecule has 47 heavy (non-hydrogen) atoms. The third kappa shape index (κ3) is 5.02. The zero-order valence-electron chi connectivity index (χ0n) is 25.8. The molecule has 0 aliphatic rings. The minimum absolute atomic E-state index is 0.590. The van der Waals surface area contributed by atoms with Gasteiger partial charge in [0.25, 0.3) is 0 Å². The number of benzene rings is 9. The van der Waals surface area contributed by atoms with Crippen molar-refractivity contribution < 1.29 is 0 Å². The summed E-state index contributed by atoms with van der Waals surface area (Å²) >= 11 is 0. The smallest absolute Gasteiger partial charge is 0.0631 e. The first-order valence-corrected chi connectivity index (χ1v) is 17.2. The van der Waals surface area contributed by atoms with Crippen LogP contribution in [0.2, 0.25) is 0 Å². The van der Waals surface area contributed by atoms with Crippen LogP contribution in [-0.2, 0) is 0 Å². The van der Waals surface area contributed by atoms with Crippen LogP contribution in [0.3, 0.4) is 0 Å². The first kappa shape index (κ1) is 27.5. The van der Waals surface area contributed by atoms with Gasteiger partial charge in [-0.25, -0.2) is 0 Å². The minimum atomic E-state index is 0.590. The van der Waals surface area contributed by atoms with Crippen LogP contribution in [0, 0.1) is 0 Å². The summed E-state index contributed by atoms with van der Waals surface area (Å²) in [6.45, 7) is 0. The van der Waals surface area contributed by atoms with Crippen LogP contribution >= 0.6 is 0 Å². The zero-order chi connectivity index (χ0) is 31.2. The van der Waals surface area contributed by atoms with Gasteiger partial charge in [0.1, 0.15) is 9.52 Å². The molecule has 0 bridgehead atoms. The number of rotatable bonds is 5. The minimum Gasteiger partial charge on any atom is -0.0631 e. The van der Waals surface area contributed by atoms with Crippen LogP contribution in [0.15, 0.2) is 182 Å². The van der Waals surface area contributed by atoms with E-state index in [2.05, 4.69) is 182 Å². The average Bonchev–Trinajstić information content (AvgIpc) is 3.14. The molecule has 0 fully saturated rings. The van der Waals surface area contributed by atoms with Crippen molar-refractivity contribution in [1.82, 2.24) is 0 Å². The van der Waals surface area contributed by atoms with E-state index in [9.17, 15) is 0 Å². The number of hydrogen-bond acceptors (Lipinski definition) is 0. The molecular formula is C46H30Si. The van der Waals surface area contributed by atoms with Gasteiger partial charge in [0.15, 0.2) is 0 Å². The Bertz CT molecular complexity index is 2600. The molecule has 0 amide bonds. The van der Waals surface area contributed by atoms with E-state index in [1.54, 1.807) is 0 Å². The fourth-order valence-corrected chi connectivity index (χ4v) is 8.21. The summed E-state index contributed by atoms with van der Waals surface area (Å²) < 4.78 is 0. The SMILES string of the molecule is c1ccc([Si]c2ccc3c(-c4cccc(-c5ccc6ccccc6c5)c4)c4ccccc4c(-c4ccc5ccccc5c4)c3c2)cc1. The number of fused-ring (bicyclic) bond motifs is 4. The highest BCUT2D eigenvalue weighted by molar-refractivity contribution is 6.67. The summed E-state index contributed by atoms with van der Waals surface area (Å²) in [7, 11) is 0.590. The van der Waals surface area contributed by atoms with Crippen molar-refractivity contribution in [3.05, 3.63) is 182 Å². The second-order valence-electron chi connectivity index (χ2n) is 12.3. The van der Waals surface area contributed by atoms with Crippen molar-refractivity contribution in [3.8, 4) is 33.4 Å². The molecule has 218 valence electrons. The second kappa shape index (κ2) is 11.5. The molecule has 0 heterocycles. The third-order valence-corrected chi connectivity index (χ3v) is 10.6. The maximum absolute atomic E-state index is 2.45. The van der Waals surface area contributed by atoms with E-state index in [1.807, 2.05) is 0 Å². The Labute approximate surface area is 277 Å². The van der Waals surface area contributed by atoms with Gasteiger partial charge in [-0.2, -0.15) is 0 Å². The highest BCUT2D eigenvalue weighted by atomic mass is 28.2. The van der Waals surface area contributed by atoms with Gasteiger partial charge >= 0.3 is 0 Å². The Hall–Kier alpha value is -5.76. The Kier molecular flexibility index (Phi) is 6.77. The predicted octanol–water partition coefficient (Wildman–Crippen LogP) is 11.0. The van der Waals surface area contributed by atoms with E-state index < -0.39 is 0 Å². The van der Waals surface area contributed by atoms with Crippen molar-refractivity contribution >= 4 is 63.0 Å². The van der Waals surface area contributed by atoms with Crippen LogP contribution in [-0.4, -0.2) is 9.52 Å². The molecule has 0 atom stereocenters. The van der Waals surface area contributed by atoms with Crippen molar-refractivity contribution in [2.24, 2.45) is 0 Å². The van der Waals surface area contributed by atoms with Crippen LogP contribution < -0.4 is 10.4 Å². The molecule has 0 nitrogen and oxygen atoms in total. The van der Waals surface area contributed by atoms with Crippen molar-refractivity contribution in [2.75, 3.05) is 0 Å². The highest BCUT2D eigenvalue weighted by Crippen LogP contribution is 2.44. The number of hydrogen-bond donors (Lipinski definition) is 0. The monoisotopic (exact) mass is 610 g/mol. The molecular weight excluding hydrogens is 581 g/mol.